The molecule has 0 bridgehead atoms. The van der Waals surface area contributed by atoms with Gasteiger partial charge in [-0.2, -0.15) is 5.10 Å². The maximum atomic E-state index is 12.6. The highest BCUT2D eigenvalue weighted by Crippen LogP contribution is 2.22. The summed E-state index contributed by atoms with van der Waals surface area (Å²) in [6.07, 6.45) is 0. The van der Waals surface area contributed by atoms with E-state index in [1.807, 2.05) is 6.92 Å². The predicted octanol–water partition coefficient (Wildman–Crippen LogP) is 2.95. The zero-order valence-electron chi connectivity index (χ0n) is 16.2. The average molecular weight is 479 g/mol. The number of hydrogen-bond acceptors (Lipinski definition) is 6. The maximum absolute atomic E-state index is 12.6. The van der Waals surface area contributed by atoms with E-state index in [9.17, 15) is 13.2 Å². The van der Waals surface area contributed by atoms with Crippen molar-refractivity contribution in [1.29, 1.82) is 0 Å². The summed E-state index contributed by atoms with van der Waals surface area (Å²) in [5.41, 5.74) is 2.81. The fraction of sp³-hybridized carbons (Fsp3) is 0.222. The van der Waals surface area contributed by atoms with Gasteiger partial charge in [0.25, 0.3) is 15.9 Å². The fourth-order valence-electron chi connectivity index (χ4n) is 2.59. The lowest BCUT2D eigenvalue weighted by molar-refractivity contribution is 0.102. The lowest BCUT2D eigenvalue weighted by atomic mass is 10.3. The van der Waals surface area contributed by atoms with Crippen molar-refractivity contribution in [2.45, 2.75) is 25.7 Å². The van der Waals surface area contributed by atoms with Crippen LogP contribution in [0, 0.1) is 20.8 Å². The Kier molecular flexibility index (Phi) is 5.71. The number of nitrogens with zero attached hydrogens (tertiary/aromatic N) is 4. The molecule has 0 atom stereocenters. The molecular weight excluding hydrogens is 460 g/mol. The molecule has 2 N–H and O–H groups in total. The summed E-state index contributed by atoms with van der Waals surface area (Å²) in [6.45, 7) is 5.34. The van der Waals surface area contributed by atoms with Gasteiger partial charge in [0.2, 0.25) is 5.95 Å². The van der Waals surface area contributed by atoms with Gasteiger partial charge in [-0.15, -0.1) is 0 Å². The summed E-state index contributed by atoms with van der Waals surface area (Å²) < 4.78 is 29.7. The van der Waals surface area contributed by atoms with Crippen molar-refractivity contribution in [1.82, 2.24) is 19.7 Å². The van der Waals surface area contributed by atoms with E-state index in [4.69, 9.17) is 0 Å². The molecule has 3 aromatic rings. The van der Waals surface area contributed by atoms with Crippen LogP contribution in [0.15, 0.2) is 39.7 Å². The molecule has 11 heteroatoms. The topological polar surface area (TPSA) is 119 Å². The van der Waals surface area contributed by atoms with Gasteiger partial charge in [0.15, 0.2) is 5.69 Å². The second-order valence-corrected chi connectivity index (χ2v) is 8.91. The van der Waals surface area contributed by atoms with Crippen LogP contribution >= 0.6 is 15.9 Å². The van der Waals surface area contributed by atoms with Crippen LogP contribution in [-0.4, -0.2) is 34.1 Å². The Balaban J connectivity index is 1.76. The van der Waals surface area contributed by atoms with E-state index in [2.05, 4.69) is 41.0 Å². The highest BCUT2D eigenvalue weighted by atomic mass is 79.9. The lowest BCUT2D eigenvalue weighted by Crippen LogP contribution is -2.16. The quantitative estimate of drug-likeness (QED) is 0.581. The Morgan fingerprint density at radius 3 is 2.17 bits per heavy atom. The van der Waals surface area contributed by atoms with Crippen molar-refractivity contribution in [3.05, 3.63) is 57.6 Å². The molecule has 0 aliphatic rings. The maximum Gasteiger partial charge on any atom is 0.277 e. The third-order valence-corrected chi connectivity index (χ3v) is 6.40. The number of nitrogens with one attached hydrogen (secondary N) is 2. The van der Waals surface area contributed by atoms with Crippen molar-refractivity contribution in [3.8, 4) is 0 Å². The van der Waals surface area contributed by atoms with Gasteiger partial charge in [0.1, 0.15) is 0 Å². The number of anilines is 2. The van der Waals surface area contributed by atoms with E-state index < -0.39 is 15.9 Å². The molecule has 2 aromatic heterocycles. The number of carbonyl (C=O) groups is 1. The van der Waals surface area contributed by atoms with Gasteiger partial charge in [0, 0.05) is 24.1 Å². The first kappa shape index (κ1) is 20.9. The highest BCUT2D eigenvalue weighted by Gasteiger charge is 2.19. The summed E-state index contributed by atoms with van der Waals surface area (Å²) in [7, 11) is -2.13. The Hall–Kier alpha value is -2.79. The molecule has 0 fully saturated rings. The highest BCUT2D eigenvalue weighted by molar-refractivity contribution is 9.10. The lowest BCUT2D eigenvalue weighted by Gasteiger charge is -2.09. The van der Waals surface area contributed by atoms with Gasteiger partial charge in [-0.3, -0.25) is 9.48 Å². The second kappa shape index (κ2) is 7.91. The van der Waals surface area contributed by atoms with Gasteiger partial charge in [0.05, 0.1) is 15.1 Å². The van der Waals surface area contributed by atoms with Gasteiger partial charge in [-0.1, -0.05) is 0 Å². The monoisotopic (exact) mass is 478 g/mol. The van der Waals surface area contributed by atoms with E-state index in [1.54, 1.807) is 31.6 Å². The van der Waals surface area contributed by atoms with Crippen molar-refractivity contribution < 1.29 is 13.2 Å². The summed E-state index contributed by atoms with van der Waals surface area (Å²) in [5, 5.41) is 6.86. The molecule has 0 saturated heterocycles. The Morgan fingerprint density at radius 1 is 1.07 bits per heavy atom. The molecule has 0 saturated carbocycles. The van der Waals surface area contributed by atoms with Crippen molar-refractivity contribution in [2.75, 3.05) is 10.0 Å². The summed E-state index contributed by atoms with van der Waals surface area (Å²) in [6, 6.07) is 7.52. The van der Waals surface area contributed by atoms with Crippen LogP contribution < -0.4 is 10.0 Å². The number of aryl methyl sites for hydroxylation is 3. The Bertz CT molecular complexity index is 1170. The number of halogens is 1. The molecule has 0 spiro atoms. The van der Waals surface area contributed by atoms with E-state index in [0.29, 0.717) is 21.5 Å². The summed E-state index contributed by atoms with van der Waals surface area (Å²) >= 11 is 3.35. The van der Waals surface area contributed by atoms with Crippen molar-refractivity contribution >= 4 is 43.5 Å². The molecule has 0 aliphatic carbocycles. The fourth-order valence-corrected chi connectivity index (χ4v) is 4.05. The first-order valence-corrected chi connectivity index (χ1v) is 10.8. The zero-order valence-corrected chi connectivity index (χ0v) is 18.6. The van der Waals surface area contributed by atoms with Gasteiger partial charge in [-0.05, 0) is 67.0 Å². The Morgan fingerprint density at radius 2 is 1.66 bits per heavy atom. The molecule has 1 amide bonds. The standard InChI is InChI=1S/C18H19BrN6O3S/c1-10-9-11(2)21-18(20-10)24-29(27,28)14-7-5-13(6-8-14)22-17(26)16-15(19)12(3)25(4)23-16/h5-9H,1-4H3,(H,22,26)(H,20,21,24). The molecule has 29 heavy (non-hydrogen) atoms. The van der Waals surface area contributed by atoms with Crippen LogP contribution in [0.5, 0.6) is 0 Å². The minimum absolute atomic E-state index is 0.00949. The number of aromatic nitrogens is 4. The minimum atomic E-state index is -3.86. The van der Waals surface area contributed by atoms with Crippen LogP contribution in [-0.2, 0) is 17.1 Å². The van der Waals surface area contributed by atoms with Crippen LogP contribution in [0.2, 0.25) is 0 Å². The van der Waals surface area contributed by atoms with E-state index in [0.717, 1.165) is 5.69 Å². The number of carbonyl (C=O) groups excluding carboxylic acids is 1. The number of benzene rings is 1. The van der Waals surface area contributed by atoms with Gasteiger partial charge < -0.3 is 5.32 Å². The Labute approximate surface area is 176 Å². The van der Waals surface area contributed by atoms with E-state index in [1.165, 1.54) is 24.3 Å². The predicted molar refractivity (Wildman–Crippen MR) is 112 cm³/mol. The van der Waals surface area contributed by atoms with Gasteiger partial charge in [-0.25, -0.2) is 23.1 Å². The van der Waals surface area contributed by atoms with Crippen LogP contribution in [0.3, 0.4) is 0 Å². The van der Waals surface area contributed by atoms with E-state index >= 15 is 0 Å². The van der Waals surface area contributed by atoms with Crippen molar-refractivity contribution in [3.63, 3.8) is 0 Å². The molecule has 1 aromatic carbocycles. The van der Waals surface area contributed by atoms with Crippen LogP contribution in [0.4, 0.5) is 11.6 Å². The molecule has 0 unspecified atom stereocenters. The van der Waals surface area contributed by atoms with Crippen LogP contribution in [0.1, 0.15) is 27.6 Å². The number of rotatable bonds is 5. The third kappa shape index (κ3) is 4.62. The molecule has 2 heterocycles. The summed E-state index contributed by atoms with van der Waals surface area (Å²) in [4.78, 5) is 20.6. The smallest absolute Gasteiger partial charge is 0.277 e. The SMILES string of the molecule is Cc1cc(C)nc(NS(=O)(=O)c2ccc(NC(=O)c3nn(C)c(C)c3Br)cc2)n1. The molecule has 0 radical (unpaired) electrons. The summed E-state index contributed by atoms with van der Waals surface area (Å²) in [5.74, 6) is -0.395. The van der Waals surface area contributed by atoms with Gasteiger partial charge >= 0.3 is 0 Å². The minimum Gasteiger partial charge on any atom is -0.321 e. The zero-order chi connectivity index (χ0) is 21.3. The van der Waals surface area contributed by atoms with E-state index in [-0.39, 0.29) is 16.5 Å². The van der Waals surface area contributed by atoms with Crippen molar-refractivity contribution in [2.24, 2.45) is 7.05 Å². The number of hydrogen-bond donors (Lipinski definition) is 2. The molecule has 0 aliphatic heterocycles. The molecule has 9 nitrogen and oxygen atoms in total. The first-order valence-electron chi connectivity index (χ1n) is 8.52. The third-order valence-electron chi connectivity index (χ3n) is 4.11. The first-order chi connectivity index (χ1) is 13.6. The largest absolute Gasteiger partial charge is 0.321 e. The van der Waals surface area contributed by atoms with Crippen LogP contribution in [0.25, 0.3) is 0 Å². The average Bonchev–Trinajstić information content (AvgIpc) is 2.88. The number of amides is 1. The molecule has 152 valence electrons. The normalized spacial score (nSPS) is 11.3. The molecule has 3 rings (SSSR count). The number of sulfonamides is 1. The second-order valence-electron chi connectivity index (χ2n) is 6.43. The molecular formula is C18H19BrN6O3S.